The van der Waals surface area contributed by atoms with Crippen LogP contribution >= 0.6 is 0 Å². The van der Waals surface area contributed by atoms with Crippen LogP contribution in [0.15, 0.2) is 18.2 Å². The number of carboxylic acids is 1. The number of carbonyl (C=O) groups is 1. The van der Waals surface area contributed by atoms with Crippen LogP contribution in [0, 0.1) is 6.92 Å². The van der Waals surface area contributed by atoms with E-state index in [4.69, 9.17) is 9.84 Å². The van der Waals surface area contributed by atoms with Crippen molar-refractivity contribution in [1.82, 2.24) is 9.55 Å². The monoisotopic (exact) mass is 260 g/mol. The molecule has 5 heteroatoms. The van der Waals surface area contributed by atoms with E-state index < -0.39 is 5.97 Å². The summed E-state index contributed by atoms with van der Waals surface area (Å²) in [7, 11) is 1.72. The maximum atomic E-state index is 11.1. The summed E-state index contributed by atoms with van der Waals surface area (Å²) in [6.07, 6.45) is 2.23. The number of imidazole rings is 1. The van der Waals surface area contributed by atoms with Gasteiger partial charge in [-0.15, -0.1) is 0 Å². The second kappa shape index (κ2) is 4.35. The van der Waals surface area contributed by atoms with Crippen LogP contribution in [-0.4, -0.2) is 33.8 Å². The predicted octanol–water partition coefficient (Wildman–Crippen LogP) is 2.39. The zero-order valence-corrected chi connectivity index (χ0v) is 11.0. The molecule has 0 saturated heterocycles. The fourth-order valence-electron chi connectivity index (χ4n) is 2.75. The minimum atomic E-state index is -0.907. The number of hydrogen-bond donors (Lipinski definition) is 1. The van der Waals surface area contributed by atoms with E-state index in [0.29, 0.717) is 17.7 Å². The van der Waals surface area contributed by atoms with Gasteiger partial charge in [0, 0.05) is 13.2 Å². The largest absolute Gasteiger partial charge is 0.478 e. The summed E-state index contributed by atoms with van der Waals surface area (Å²) in [6, 6.07) is 5.44. The Morgan fingerprint density at radius 3 is 2.84 bits per heavy atom. The van der Waals surface area contributed by atoms with Crippen molar-refractivity contribution in [2.75, 3.05) is 7.11 Å². The molecule has 1 aliphatic rings. The van der Waals surface area contributed by atoms with Crippen molar-refractivity contribution in [2.24, 2.45) is 0 Å². The molecule has 1 fully saturated rings. The molecule has 1 heterocycles. The molecule has 1 aliphatic carbocycles. The van der Waals surface area contributed by atoms with Crippen molar-refractivity contribution in [3.05, 3.63) is 29.6 Å². The van der Waals surface area contributed by atoms with Crippen LogP contribution in [0.2, 0.25) is 0 Å². The Hall–Kier alpha value is -1.88. The molecule has 0 amide bonds. The molecule has 19 heavy (non-hydrogen) atoms. The van der Waals surface area contributed by atoms with E-state index in [1.807, 2.05) is 6.92 Å². The maximum Gasteiger partial charge on any atom is 0.335 e. The average Bonchev–Trinajstić information content (AvgIpc) is 2.64. The highest BCUT2D eigenvalue weighted by Crippen LogP contribution is 2.37. The van der Waals surface area contributed by atoms with Gasteiger partial charge in [-0.25, -0.2) is 9.78 Å². The highest BCUT2D eigenvalue weighted by Gasteiger charge is 2.32. The summed E-state index contributed by atoms with van der Waals surface area (Å²) in [5, 5.41) is 9.08. The molecule has 5 nitrogen and oxygen atoms in total. The topological polar surface area (TPSA) is 64.4 Å². The van der Waals surface area contributed by atoms with Gasteiger partial charge >= 0.3 is 5.97 Å². The molecule has 1 aromatic heterocycles. The summed E-state index contributed by atoms with van der Waals surface area (Å²) in [6.45, 7) is 1.96. The summed E-state index contributed by atoms with van der Waals surface area (Å²) in [5.74, 6) is 0.0211. The first-order valence-corrected chi connectivity index (χ1v) is 6.35. The molecule has 2 aromatic rings. The quantitative estimate of drug-likeness (QED) is 0.920. The molecule has 1 aromatic carbocycles. The minimum Gasteiger partial charge on any atom is -0.478 e. The second-order valence-corrected chi connectivity index (χ2v) is 5.02. The molecule has 0 atom stereocenters. The summed E-state index contributed by atoms with van der Waals surface area (Å²) in [5.41, 5.74) is 2.05. The summed E-state index contributed by atoms with van der Waals surface area (Å²) in [4.78, 5) is 15.6. The number of fused-ring (bicyclic) bond motifs is 1. The summed E-state index contributed by atoms with van der Waals surface area (Å²) < 4.78 is 7.44. The van der Waals surface area contributed by atoms with E-state index >= 15 is 0 Å². The number of aryl methyl sites for hydroxylation is 1. The number of aromatic carboxylic acids is 1. The predicted molar refractivity (Wildman–Crippen MR) is 70.5 cm³/mol. The third kappa shape index (κ3) is 1.90. The molecular formula is C14H16N2O3. The molecule has 3 rings (SSSR count). The third-order valence-corrected chi connectivity index (χ3v) is 3.88. The number of carboxylic acid groups (broad SMARTS) is 1. The number of ether oxygens (including phenoxy) is 1. The number of aromatic nitrogens is 2. The fourth-order valence-corrected chi connectivity index (χ4v) is 2.75. The van der Waals surface area contributed by atoms with Gasteiger partial charge in [0.2, 0.25) is 0 Å². The lowest BCUT2D eigenvalue weighted by Gasteiger charge is -2.36. The van der Waals surface area contributed by atoms with E-state index in [1.165, 1.54) is 0 Å². The highest BCUT2D eigenvalue weighted by molar-refractivity contribution is 5.92. The number of rotatable bonds is 3. The Morgan fingerprint density at radius 2 is 2.21 bits per heavy atom. The zero-order valence-electron chi connectivity index (χ0n) is 11.0. The molecule has 1 N–H and O–H groups in total. The third-order valence-electron chi connectivity index (χ3n) is 3.88. The molecule has 0 aliphatic heterocycles. The van der Waals surface area contributed by atoms with E-state index in [-0.39, 0.29) is 0 Å². The molecule has 0 radical (unpaired) electrons. The van der Waals surface area contributed by atoms with Gasteiger partial charge in [-0.05, 0) is 38.0 Å². The van der Waals surface area contributed by atoms with Gasteiger partial charge in [-0.3, -0.25) is 0 Å². The van der Waals surface area contributed by atoms with Crippen LogP contribution in [0.4, 0.5) is 0 Å². The number of methoxy groups -OCH3 is 1. The van der Waals surface area contributed by atoms with Gasteiger partial charge in [0.25, 0.3) is 0 Å². The normalized spacial score (nSPS) is 22.4. The lowest BCUT2D eigenvalue weighted by Crippen LogP contribution is -2.32. The fraction of sp³-hybridized carbons (Fsp3) is 0.429. The van der Waals surface area contributed by atoms with Crippen LogP contribution in [-0.2, 0) is 4.74 Å². The lowest BCUT2D eigenvalue weighted by atomic mass is 9.88. The van der Waals surface area contributed by atoms with Crippen LogP contribution in [0.25, 0.3) is 11.0 Å². The molecule has 100 valence electrons. The van der Waals surface area contributed by atoms with Crippen molar-refractivity contribution in [3.8, 4) is 0 Å². The van der Waals surface area contributed by atoms with E-state index in [9.17, 15) is 4.79 Å². The van der Waals surface area contributed by atoms with Crippen molar-refractivity contribution in [2.45, 2.75) is 31.9 Å². The number of nitrogens with zero attached hydrogens (tertiary/aromatic N) is 2. The Bertz CT molecular complexity index is 641. The summed E-state index contributed by atoms with van der Waals surface area (Å²) >= 11 is 0. The van der Waals surface area contributed by atoms with Crippen LogP contribution in [0.1, 0.15) is 35.1 Å². The lowest BCUT2D eigenvalue weighted by molar-refractivity contribution is 0.00680. The van der Waals surface area contributed by atoms with Crippen LogP contribution < -0.4 is 0 Å². The van der Waals surface area contributed by atoms with Gasteiger partial charge in [-0.2, -0.15) is 0 Å². The Balaban J connectivity index is 2.05. The molecule has 1 saturated carbocycles. The Labute approximate surface area is 110 Å². The van der Waals surface area contributed by atoms with E-state index in [0.717, 1.165) is 29.7 Å². The SMILES string of the molecule is COC1CC(n2c(C)nc3ccc(C(=O)O)cc32)C1. The van der Waals surface area contributed by atoms with Crippen molar-refractivity contribution in [1.29, 1.82) is 0 Å². The first kappa shape index (κ1) is 12.2. The van der Waals surface area contributed by atoms with Crippen LogP contribution in [0.3, 0.4) is 0 Å². The standard InChI is InChI=1S/C14H16N2O3/c1-8-15-12-4-3-9(14(17)18)5-13(12)16(8)10-6-11(7-10)19-2/h3-5,10-11H,6-7H2,1-2H3,(H,17,18). The molecule has 0 bridgehead atoms. The highest BCUT2D eigenvalue weighted by atomic mass is 16.5. The van der Waals surface area contributed by atoms with Gasteiger partial charge in [0.05, 0.1) is 22.7 Å². The van der Waals surface area contributed by atoms with Gasteiger partial charge in [0.15, 0.2) is 0 Å². The maximum absolute atomic E-state index is 11.1. The Morgan fingerprint density at radius 1 is 1.47 bits per heavy atom. The first-order chi connectivity index (χ1) is 9.10. The second-order valence-electron chi connectivity index (χ2n) is 5.02. The smallest absolute Gasteiger partial charge is 0.335 e. The van der Waals surface area contributed by atoms with Gasteiger partial charge in [0.1, 0.15) is 5.82 Å². The van der Waals surface area contributed by atoms with Gasteiger partial charge in [-0.1, -0.05) is 0 Å². The van der Waals surface area contributed by atoms with Crippen LogP contribution in [0.5, 0.6) is 0 Å². The van der Waals surface area contributed by atoms with E-state index in [1.54, 1.807) is 25.3 Å². The van der Waals surface area contributed by atoms with E-state index in [2.05, 4.69) is 9.55 Å². The van der Waals surface area contributed by atoms with Crippen molar-refractivity contribution >= 4 is 17.0 Å². The Kier molecular flexibility index (Phi) is 2.78. The molecule has 0 spiro atoms. The number of hydrogen-bond acceptors (Lipinski definition) is 3. The molecule has 0 unspecified atom stereocenters. The zero-order chi connectivity index (χ0) is 13.6. The van der Waals surface area contributed by atoms with Crippen molar-refractivity contribution < 1.29 is 14.6 Å². The average molecular weight is 260 g/mol. The first-order valence-electron chi connectivity index (χ1n) is 6.35. The van der Waals surface area contributed by atoms with Gasteiger partial charge < -0.3 is 14.4 Å². The minimum absolute atomic E-state index is 0.302. The molecular weight excluding hydrogens is 244 g/mol. The van der Waals surface area contributed by atoms with Crippen molar-refractivity contribution in [3.63, 3.8) is 0 Å². The number of benzene rings is 1.